The van der Waals surface area contributed by atoms with E-state index in [4.69, 9.17) is 9.15 Å². The smallest absolute Gasteiger partial charge is 0.176 e. The van der Waals surface area contributed by atoms with Crippen LogP contribution in [0.1, 0.15) is 11.1 Å². The van der Waals surface area contributed by atoms with Crippen molar-refractivity contribution in [3.8, 4) is 35.0 Å². The second-order valence-electron chi connectivity index (χ2n) is 4.60. The summed E-state index contributed by atoms with van der Waals surface area (Å²) in [4.78, 5) is 0. The topological polar surface area (TPSA) is 90.2 Å². The number of nitrogens with zero attached hydrogens (tertiary/aromatic N) is 2. The highest BCUT2D eigenvalue weighted by molar-refractivity contribution is 5.87. The van der Waals surface area contributed by atoms with Crippen LogP contribution in [-0.4, -0.2) is 12.2 Å². The molecule has 22 heavy (non-hydrogen) atoms. The summed E-state index contributed by atoms with van der Waals surface area (Å²) in [6, 6.07) is 14.4. The van der Waals surface area contributed by atoms with Gasteiger partial charge in [0.2, 0.25) is 0 Å². The van der Waals surface area contributed by atoms with Crippen LogP contribution in [0.3, 0.4) is 0 Å². The van der Waals surface area contributed by atoms with Crippen molar-refractivity contribution < 1.29 is 14.3 Å². The van der Waals surface area contributed by atoms with Gasteiger partial charge in [-0.05, 0) is 12.1 Å². The van der Waals surface area contributed by atoms with Gasteiger partial charge in [-0.3, -0.25) is 0 Å². The Balaban J connectivity index is 2.37. The molecular weight excluding hydrogens is 280 g/mol. The molecule has 0 fully saturated rings. The van der Waals surface area contributed by atoms with Crippen LogP contribution in [-0.2, 0) is 0 Å². The molecule has 1 N–H and O–H groups in total. The number of rotatable bonds is 2. The van der Waals surface area contributed by atoms with Crippen LogP contribution in [0, 0.1) is 22.7 Å². The maximum Gasteiger partial charge on any atom is 0.176 e. The molecule has 2 aromatic carbocycles. The van der Waals surface area contributed by atoms with Crippen LogP contribution in [0.2, 0.25) is 0 Å². The SMILES string of the molecule is COc1cc(C#N)c(-c2cc3ccccc3o2)c(C#N)c1O. The summed E-state index contributed by atoms with van der Waals surface area (Å²) in [5.41, 5.74) is 1.06. The van der Waals surface area contributed by atoms with Gasteiger partial charge in [0.1, 0.15) is 29.0 Å². The summed E-state index contributed by atoms with van der Waals surface area (Å²) >= 11 is 0. The fourth-order valence-corrected chi connectivity index (χ4v) is 2.36. The van der Waals surface area contributed by atoms with Crippen molar-refractivity contribution in [3.05, 3.63) is 47.5 Å². The molecule has 0 radical (unpaired) electrons. The number of aromatic hydroxyl groups is 1. The molecule has 0 saturated heterocycles. The third-order valence-corrected chi connectivity index (χ3v) is 3.39. The molecule has 0 aliphatic carbocycles. The van der Waals surface area contributed by atoms with Crippen molar-refractivity contribution in [3.63, 3.8) is 0 Å². The first-order valence-corrected chi connectivity index (χ1v) is 6.42. The Labute approximate surface area is 126 Å². The molecule has 5 nitrogen and oxygen atoms in total. The first-order valence-electron chi connectivity index (χ1n) is 6.42. The number of phenols is 1. The Morgan fingerprint density at radius 3 is 2.55 bits per heavy atom. The minimum absolute atomic E-state index is 0.0463. The van der Waals surface area contributed by atoms with Crippen LogP contribution < -0.4 is 4.74 Å². The minimum atomic E-state index is -0.306. The van der Waals surface area contributed by atoms with Crippen LogP contribution in [0.15, 0.2) is 40.8 Å². The van der Waals surface area contributed by atoms with Gasteiger partial charge in [-0.15, -0.1) is 0 Å². The molecule has 0 unspecified atom stereocenters. The van der Waals surface area contributed by atoms with Crippen molar-refractivity contribution in [1.29, 1.82) is 10.5 Å². The summed E-state index contributed by atoms with van der Waals surface area (Å²) in [5.74, 6) is 0.125. The summed E-state index contributed by atoms with van der Waals surface area (Å²) < 4.78 is 10.7. The van der Waals surface area contributed by atoms with Gasteiger partial charge in [0.25, 0.3) is 0 Å². The molecule has 0 aliphatic rings. The lowest BCUT2D eigenvalue weighted by molar-refractivity contribution is 0.372. The summed E-state index contributed by atoms with van der Waals surface area (Å²) in [7, 11) is 1.36. The van der Waals surface area contributed by atoms with Gasteiger partial charge in [-0.25, -0.2) is 0 Å². The van der Waals surface area contributed by atoms with Crippen LogP contribution in [0.25, 0.3) is 22.3 Å². The maximum atomic E-state index is 10.1. The number of hydrogen-bond acceptors (Lipinski definition) is 5. The minimum Gasteiger partial charge on any atom is -0.503 e. The second-order valence-corrected chi connectivity index (χ2v) is 4.60. The largest absolute Gasteiger partial charge is 0.503 e. The van der Waals surface area contributed by atoms with Gasteiger partial charge < -0.3 is 14.3 Å². The van der Waals surface area contributed by atoms with E-state index in [-0.39, 0.29) is 28.2 Å². The molecule has 1 heterocycles. The molecule has 106 valence electrons. The molecule has 1 aromatic heterocycles. The first-order chi connectivity index (χ1) is 10.7. The summed E-state index contributed by atoms with van der Waals surface area (Å²) in [5, 5.41) is 29.7. The van der Waals surface area contributed by atoms with E-state index in [1.807, 2.05) is 30.3 Å². The Morgan fingerprint density at radius 1 is 1.14 bits per heavy atom. The monoisotopic (exact) mass is 290 g/mol. The Hall–Kier alpha value is -3.44. The van der Waals surface area contributed by atoms with Gasteiger partial charge in [0.05, 0.1) is 18.2 Å². The van der Waals surface area contributed by atoms with E-state index in [2.05, 4.69) is 0 Å². The fraction of sp³-hybridized carbons (Fsp3) is 0.0588. The van der Waals surface area contributed by atoms with Crippen molar-refractivity contribution in [2.45, 2.75) is 0 Å². The van der Waals surface area contributed by atoms with Crippen molar-refractivity contribution in [2.75, 3.05) is 7.11 Å². The average molecular weight is 290 g/mol. The van der Waals surface area contributed by atoms with Gasteiger partial charge in [0, 0.05) is 11.5 Å². The van der Waals surface area contributed by atoms with Crippen molar-refractivity contribution >= 4 is 11.0 Å². The lowest BCUT2D eigenvalue weighted by Gasteiger charge is -2.09. The van der Waals surface area contributed by atoms with Gasteiger partial charge in [-0.1, -0.05) is 18.2 Å². The third kappa shape index (κ3) is 1.93. The van der Waals surface area contributed by atoms with E-state index in [0.717, 1.165) is 5.39 Å². The molecule has 0 amide bonds. The number of nitriles is 2. The molecule has 3 aromatic rings. The quantitative estimate of drug-likeness (QED) is 0.779. The lowest BCUT2D eigenvalue weighted by atomic mass is 9.98. The standard InChI is InChI=1S/C17H10N2O3/c1-21-15-7-11(8-18)16(12(9-19)17(15)20)14-6-10-4-2-3-5-13(10)22-14/h2-7,20H,1H3. The van der Waals surface area contributed by atoms with Gasteiger partial charge >= 0.3 is 0 Å². The highest BCUT2D eigenvalue weighted by atomic mass is 16.5. The Morgan fingerprint density at radius 2 is 1.91 bits per heavy atom. The van der Waals surface area contributed by atoms with Gasteiger partial charge in [-0.2, -0.15) is 10.5 Å². The number of benzene rings is 2. The molecule has 3 rings (SSSR count). The van der Waals surface area contributed by atoms with Crippen LogP contribution in [0.4, 0.5) is 0 Å². The third-order valence-electron chi connectivity index (χ3n) is 3.39. The van der Waals surface area contributed by atoms with E-state index in [1.165, 1.54) is 13.2 Å². The molecule has 0 aliphatic heterocycles. The number of fused-ring (bicyclic) bond motifs is 1. The van der Waals surface area contributed by atoms with Crippen molar-refractivity contribution in [1.82, 2.24) is 0 Å². The number of methoxy groups -OCH3 is 1. The Bertz CT molecular complexity index is 925. The summed E-state index contributed by atoms with van der Waals surface area (Å²) in [6.07, 6.45) is 0. The van der Waals surface area contributed by atoms with E-state index in [0.29, 0.717) is 11.3 Å². The average Bonchev–Trinajstić information content (AvgIpc) is 2.97. The van der Waals surface area contributed by atoms with E-state index in [9.17, 15) is 15.6 Å². The normalized spacial score (nSPS) is 10.1. The zero-order valence-corrected chi connectivity index (χ0v) is 11.6. The van der Waals surface area contributed by atoms with E-state index >= 15 is 0 Å². The van der Waals surface area contributed by atoms with Gasteiger partial charge in [0.15, 0.2) is 11.5 Å². The second kappa shape index (κ2) is 5.16. The fourth-order valence-electron chi connectivity index (χ4n) is 2.36. The zero-order valence-electron chi connectivity index (χ0n) is 11.6. The molecule has 0 spiro atoms. The number of para-hydroxylation sites is 1. The summed E-state index contributed by atoms with van der Waals surface area (Å²) in [6.45, 7) is 0. The highest BCUT2D eigenvalue weighted by Gasteiger charge is 2.22. The van der Waals surface area contributed by atoms with Crippen molar-refractivity contribution in [2.24, 2.45) is 0 Å². The number of furan rings is 1. The number of ether oxygens (including phenoxy) is 1. The van der Waals surface area contributed by atoms with E-state index < -0.39 is 0 Å². The molecular formula is C17H10N2O3. The lowest BCUT2D eigenvalue weighted by Crippen LogP contribution is -1.94. The zero-order chi connectivity index (χ0) is 15.7. The molecule has 0 atom stereocenters. The molecule has 0 bridgehead atoms. The number of hydrogen-bond donors (Lipinski definition) is 1. The Kier molecular flexibility index (Phi) is 3.17. The van der Waals surface area contributed by atoms with Crippen LogP contribution >= 0.6 is 0 Å². The predicted octanol–water partition coefficient (Wildman–Crippen LogP) is 3.56. The van der Waals surface area contributed by atoms with Crippen LogP contribution in [0.5, 0.6) is 11.5 Å². The van der Waals surface area contributed by atoms with E-state index in [1.54, 1.807) is 12.1 Å². The molecule has 5 heteroatoms. The highest BCUT2D eigenvalue weighted by Crippen LogP contribution is 2.41. The molecule has 0 saturated carbocycles. The maximum absolute atomic E-state index is 10.1. The number of phenolic OH excluding ortho intramolecular Hbond substituents is 1. The predicted molar refractivity (Wildman–Crippen MR) is 79.3 cm³/mol. The first kappa shape index (κ1) is 13.5.